The maximum absolute atomic E-state index is 13.4. The van der Waals surface area contributed by atoms with E-state index in [1.54, 1.807) is 12.1 Å². The van der Waals surface area contributed by atoms with E-state index in [2.05, 4.69) is 0 Å². The van der Waals surface area contributed by atoms with E-state index >= 15 is 0 Å². The predicted molar refractivity (Wildman–Crippen MR) is 59.2 cm³/mol. The van der Waals surface area contributed by atoms with Gasteiger partial charge in [0.25, 0.3) is 0 Å². The van der Waals surface area contributed by atoms with Crippen molar-refractivity contribution in [2.75, 3.05) is 18.1 Å². The Hall–Kier alpha value is -1.42. The molecule has 1 fully saturated rings. The first kappa shape index (κ1) is 11.1. The molecule has 0 bridgehead atoms. The molecule has 16 heavy (non-hydrogen) atoms. The third-order valence-electron chi connectivity index (χ3n) is 3.05. The number of rotatable bonds is 3. The summed E-state index contributed by atoms with van der Waals surface area (Å²) >= 11 is 0. The second-order valence-corrected chi connectivity index (χ2v) is 3.96. The molecule has 3 nitrogen and oxygen atoms in total. The van der Waals surface area contributed by atoms with Crippen LogP contribution in [0.1, 0.15) is 23.2 Å². The fourth-order valence-corrected chi connectivity index (χ4v) is 2.24. The van der Waals surface area contributed by atoms with Gasteiger partial charge < -0.3 is 10.0 Å². The Balaban J connectivity index is 2.39. The van der Waals surface area contributed by atoms with Gasteiger partial charge in [-0.05, 0) is 25.0 Å². The molecule has 1 aliphatic heterocycles. The molecule has 0 saturated carbocycles. The average Bonchev–Trinajstić information content (AvgIpc) is 2.76. The van der Waals surface area contributed by atoms with Crippen LogP contribution in [0.3, 0.4) is 0 Å². The van der Waals surface area contributed by atoms with Gasteiger partial charge in [-0.1, -0.05) is 6.07 Å². The van der Waals surface area contributed by atoms with Gasteiger partial charge in [0.1, 0.15) is 5.82 Å². The standard InChI is InChI=1S/C12H14FNO2/c13-11-4-1-5-12(10(11)8-16)14-6-2-3-9(14)7-15/h1,4-5,8-9,15H,2-3,6-7H2. The maximum atomic E-state index is 13.4. The van der Waals surface area contributed by atoms with E-state index in [-0.39, 0.29) is 18.2 Å². The molecular weight excluding hydrogens is 209 g/mol. The largest absolute Gasteiger partial charge is 0.394 e. The van der Waals surface area contributed by atoms with Crippen molar-refractivity contribution in [2.45, 2.75) is 18.9 Å². The molecule has 1 aromatic carbocycles. The van der Waals surface area contributed by atoms with Crippen LogP contribution < -0.4 is 4.90 Å². The summed E-state index contributed by atoms with van der Waals surface area (Å²) in [4.78, 5) is 12.8. The second kappa shape index (κ2) is 4.61. The minimum absolute atomic E-state index is 0.000463. The number of hydrogen-bond acceptors (Lipinski definition) is 3. The van der Waals surface area contributed by atoms with Crippen molar-refractivity contribution < 1.29 is 14.3 Å². The lowest BCUT2D eigenvalue weighted by Crippen LogP contribution is -2.32. The number of aldehydes is 1. The van der Waals surface area contributed by atoms with Crippen molar-refractivity contribution in [3.05, 3.63) is 29.6 Å². The number of carbonyl (C=O) groups is 1. The zero-order valence-electron chi connectivity index (χ0n) is 8.90. The molecule has 0 aromatic heterocycles. The van der Waals surface area contributed by atoms with E-state index in [0.29, 0.717) is 12.0 Å². The van der Waals surface area contributed by atoms with Gasteiger partial charge in [0.15, 0.2) is 6.29 Å². The zero-order valence-corrected chi connectivity index (χ0v) is 8.90. The van der Waals surface area contributed by atoms with E-state index < -0.39 is 5.82 Å². The molecule has 4 heteroatoms. The summed E-state index contributed by atoms with van der Waals surface area (Å²) in [6.07, 6.45) is 2.38. The zero-order chi connectivity index (χ0) is 11.5. The third-order valence-corrected chi connectivity index (χ3v) is 3.05. The van der Waals surface area contributed by atoms with Crippen molar-refractivity contribution in [3.8, 4) is 0 Å². The molecule has 2 rings (SSSR count). The highest BCUT2D eigenvalue weighted by Gasteiger charge is 2.26. The smallest absolute Gasteiger partial charge is 0.155 e. The highest BCUT2D eigenvalue weighted by molar-refractivity contribution is 5.85. The van der Waals surface area contributed by atoms with Crippen molar-refractivity contribution in [1.82, 2.24) is 0 Å². The number of halogens is 1. The summed E-state index contributed by atoms with van der Waals surface area (Å²) < 4.78 is 13.4. The van der Waals surface area contributed by atoms with Crippen molar-refractivity contribution in [1.29, 1.82) is 0 Å². The number of carbonyl (C=O) groups excluding carboxylic acids is 1. The predicted octanol–water partition coefficient (Wildman–Crippen LogP) is 1.60. The number of aliphatic hydroxyl groups excluding tert-OH is 1. The summed E-state index contributed by atoms with van der Waals surface area (Å²) in [7, 11) is 0. The normalized spacial score (nSPS) is 20.1. The molecule has 1 heterocycles. The minimum Gasteiger partial charge on any atom is -0.394 e. The number of aliphatic hydroxyl groups is 1. The fraction of sp³-hybridized carbons (Fsp3) is 0.417. The lowest BCUT2D eigenvalue weighted by atomic mass is 10.1. The van der Waals surface area contributed by atoms with E-state index in [4.69, 9.17) is 0 Å². The summed E-state index contributed by atoms with van der Waals surface area (Å²) in [6, 6.07) is 4.59. The third kappa shape index (κ3) is 1.80. The molecule has 0 spiro atoms. The van der Waals surface area contributed by atoms with E-state index in [9.17, 15) is 14.3 Å². The molecule has 0 amide bonds. The van der Waals surface area contributed by atoms with Crippen LogP contribution in [0.15, 0.2) is 18.2 Å². The van der Waals surface area contributed by atoms with Gasteiger partial charge >= 0.3 is 0 Å². The van der Waals surface area contributed by atoms with E-state index in [0.717, 1.165) is 19.4 Å². The van der Waals surface area contributed by atoms with Gasteiger partial charge in [-0.2, -0.15) is 0 Å². The molecule has 1 N–H and O–H groups in total. The molecular formula is C12H14FNO2. The Morgan fingerprint density at radius 3 is 3.06 bits per heavy atom. The number of hydrogen-bond donors (Lipinski definition) is 1. The first-order valence-electron chi connectivity index (χ1n) is 5.39. The Kier molecular flexibility index (Phi) is 3.19. The van der Waals surface area contributed by atoms with Crippen LogP contribution in [-0.4, -0.2) is 30.6 Å². The van der Waals surface area contributed by atoms with Crippen LogP contribution in [0, 0.1) is 5.82 Å². The van der Waals surface area contributed by atoms with Crippen LogP contribution in [0.25, 0.3) is 0 Å². The highest BCUT2D eigenvalue weighted by atomic mass is 19.1. The first-order valence-corrected chi connectivity index (χ1v) is 5.39. The van der Waals surface area contributed by atoms with Crippen molar-refractivity contribution in [2.24, 2.45) is 0 Å². The van der Waals surface area contributed by atoms with Crippen LogP contribution >= 0.6 is 0 Å². The Morgan fingerprint density at radius 1 is 1.56 bits per heavy atom. The molecule has 0 radical (unpaired) electrons. The minimum atomic E-state index is -0.504. The maximum Gasteiger partial charge on any atom is 0.155 e. The van der Waals surface area contributed by atoms with Crippen molar-refractivity contribution in [3.63, 3.8) is 0 Å². The molecule has 1 saturated heterocycles. The topological polar surface area (TPSA) is 40.5 Å². The number of benzene rings is 1. The summed E-state index contributed by atoms with van der Waals surface area (Å²) in [5.41, 5.74) is 0.675. The molecule has 1 unspecified atom stereocenters. The monoisotopic (exact) mass is 223 g/mol. The molecule has 1 atom stereocenters. The van der Waals surface area contributed by atoms with Crippen molar-refractivity contribution >= 4 is 12.0 Å². The van der Waals surface area contributed by atoms with Gasteiger partial charge in [0.05, 0.1) is 23.9 Å². The molecule has 86 valence electrons. The average molecular weight is 223 g/mol. The number of nitrogens with zero attached hydrogens (tertiary/aromatic N) is 1. The number of anilines is 1. The van der Waals surface area contributed by atoms with Crippen LogP contribution in [0.4, 0.5) is 10.1 Å². The van der Waals surface area contributed by atoms with Gasteiger partial charge in [-0.15, -0.1) is 0 Å². The summed E-state index contributed by atoms with van der Waals surface area (Å²) in [5, 5.41) is 9.21. The van der Waals surface area contributed by atoms with E-state index in [1.165, 1.54) is 6.07 Å². The molecule has 1 aromatic rings. The summed E-state index contributed by atoms with van der Waals surface area (Å²) in [6.45, 7) is 0.796. The summed E-state index contributed by atoms with van der Waals surface area (Å²) in [5.74, 6) is -0.504. The quantitative estimate of drug-likeness (QED) is 0.791. The van der Waals surface area contributed by atoms with Crippen LogP contribution in [0.5, 0.6) is 0 Å². The van der Waals surface area contributed by atoms with Gasteiger partial charge in [-0.25, -0.2) is 4.39 Å². The fourth-order valence-electron chi connectivity index (χ4n) is 2.24. The van der Waals surface area contributed by atoms with Crippen LogP contribution in [0.2, 0.25) is 0 Å². The SMILES string of the molecule is O=Cc1c(F)cccc1N1CCCC1CO. The second-order valence-electron chi connectivity index (χ2n) is 3.96. The lowest BCUT2D eigenvalue weighted by molar-refractivity contribution is 0.112. The van der Waals surface area contributed by atoms with E-state index in [1.807, 2.05) is 4.90 Å². The van der Waals surface area contributed by atoms with Crippen LogP contribution in [-0.2, 0) is 0 Å². The molecule has 0 aliphatic carbocycles. The Morgan fingerprint density at radius 2 is 2.38 bits per heavy atom. The Bertz CT molecular complexity index is 395. The lowest BCUT2D eigenvalue weighted by Gasteiger charge is -2.26. The molecule has 1 aliphatic rings. The van der Waals surface area contributed by atoms with Gasteiger partial charge in [-0.3, -0.25) is 4.79 Å². The first-order chi connectivity index (χ1) is 7.77. The highest BCUT2D eigenvalue weighted by Crippen LogP contribution is 2.28. The van der Waals surface area contributed by atoms with Gasteiger partial charge in [0, 0.05) is 6.54 Å². The Labute approximate surface area is 93.5 Å². The van der Waals surface area contributed by atoms with Gasteiger partial charge in [0.2, 0.25) is 0 Å².